The van der Waals surface area contributed by atoms with Gasteiger partial charge in [-0.25, -0.2) is 8.78 Å². The van der Waals surface area contributed by atoms with E-state index in [0.29, 0.717) is 11.4 Å². The molecule has 1 N–H and O–H groups in total. The molecule has 0 fully saturated rings. The van der Waals surface area contributed by atoms with Crippen LogP contribution in [0.3, 0.4) is 0 Å². The Balaban J connectivity index is 2.11. The number of hydrogen-bond acceptors (Lipinski definition) is 2. The zero-order valence-corrected chi connectivity index (χ0v) is 9.78. The van der Waals surface area contributed by atoms with Crippen molar-refractivity contribution in [3.05, 3.63) is 53.8 Å². The molecule has 0 aliphatic carbocycles. The van der Waals surface area contributed by atoms with Gasteiger partial charge in [0.2, 0.25) is 0 Å². The van der Waals surface area contributed by atoms with Crippen molar-refractivity contribution < 1.29 is 13.6 Å². The lowest BCUT2D eigenvalue weighted by molar-refractivity contribution is -0.114. The number of rotatable bonds is 2. The average molecular weight is 250 g/mol. The molecule has 1 aliphatic heterocycles. The number of carbonyl (C=O) groups is 1. The number of amides is 1. The number of hydrogen-bond donors (Lipinski definition) is 1. The number of benzene rings is 1. The van der Waals surface area contributed by atoms with Crippen LogP contribution in [0.25, 0.3) is 0 Å². The number of nitrogens with zero attached hydrogens (tertiary/aromatic N) is 1. The van der Waals surface area contributed by atoms with E-state index < -0.39 is 0 Å². The Kier molecular flexibility index (Phi) is 3.41. The van der Waals surface area contributed by atoms with Crippen LogP contribution in [-0.2, 0) is 4.79 Å². The van der Waals surface area contributed by atoms with E-state index in [1.54, 1.807) is 7.05 Å². The van der Waals surface area contributed by atoms with Gasteiger partial charge < -0.3 is 10.2 Å². The minimum Gasteiger partial charge on any atom is -0.363 e. The van der Waals surface area contributed by atoms with Gasteiger partial charge in [0.1, 0.15) is 17.3 Å². The van der Waals surface area contributed by atoms with Crippen LogP contribution in [0.4, 0.5) is 14.5 Å². The molecule has 0 unspecified atom stereocenters. The van der Waals surface area contributed by atoms with E-state index in [4.69, 9.17) is 0 Å². The molecular formula is C13H12F2N2O. The van der Waals surface area contributed by atoms with Crippen LogP contribution in [0.1, 0.15) is 0 Å². The van der Waals surface area contributed by atoms with Gasteiger partial charge in [-0.05, 0) is 36.4 Å². The minimum atomic E-state index is -0.369. The van der Waals surface area contributed by atoms with Gasteiger partial charge in [-0.15, -0.1) is 0 Å². The maximum atomic E-state index is 12.9. The summed E-state index contributed by atoms with van der Waals surface area (Å²) < 4.78 is 25.6. The summed E-state index contributed by atoms with van der Waals surface area (Å²) in [5, 5.41) is 2.62. The number of anilines is 1. The summed E-state index contributed by atoms with van der Waals surface area (Å²) in [5.41, 5.74) is 0.853. The van der Waals surface area contributed by atoms with Crippen LogP contribution in [0, 0.1) is 5.82 Å². The monoisotopic (exact) mass is 250 g/mol. The van der Waals surface area contributed by atoms with Crippen molar-refractivity contribution in [3.8, 4) is 0 Å². The molecule has 94 valence electrons. The molecule has 0 spiro atoms. The highest BCUT2D eigenvalue weighted by atomic mass is 19.1. The molecule has 0 bridgehead atoms. The van der Waals surface area contributed by atoms with Crippen molar-refractivity contribution in [2.24, 2.45) is 0 Å². The van der Waals surface area contributed by atoms with E-state index in [2.05, 4.69) is 5.32 Å². The first kappa shape index (κ1) is 12.3. The Morgan fingerprint density at radius 3 is 2.50 bits per heavy atom. The van der Waals surface area contributed by atoms with Crippen molar-refractivity contribution >= 4 is 11.6 Å². The molecule has 0 saturated heterocycles. The summed E-state index contributed by atoms with van der Waals surface area (Å²) in [4.78, 5) is 13.4. The Bertz CT molecular complexity index is 520. The van der Waals surface area contributed by atoms with E-state index in [9.17, 15) is 13.6 Å². The average Bonchev–Trinajstić information content (AvgIpc) is 2.32. The van der Waals surface area contributed by atoms with E-state index in [-0.39, 0.29) is 24.1 Å². The fourth-order valence-corrected chi connectivity index (χ4v) is 1.64. The molecule has 1 aliphatic rings. The van der Waals surface area contributed by atoms with E-state index in [1.165, 1.54) is 41.3 Å². The van der Waals surface area contributed by atoms with Crippen LogP contribution in [0.2, 0.25) is 0 Å². The van der Waals surface area contributed by atoms with Crippen molar-refractivity contribution in [2.75, 3.05) is 18.9 Å². The summed E-state index contributed by atoms with van der Waals surface area (Å²) >= 11 is 0. The normalized spacial score (nSPS) is 14.9. The molecule has 1 aromatic rings. The molecule has 0 saturated carbocycles. The van der Waals surface area contributed by atoms with Crippen LogP contribution in [0.5, 0.6) is 0 Å². The van der Waals surface area contributed by atoms with Crippen molar-refractivity contribution in [1.29, 1.82) is 0 Å². The summed E-state index contributed by atoms with van der Waals surface area (Å²) in [6.07, 6.45) is 2.68. The van der Waals surface area contributed by atoms with Gasteiger partial charge in [-0.1, -0.05) is 0 Å². The van der Waals surface area contributed by atoms with Crippen LogP contribution in [0.15, 0.2) is 47.9 Å². The topological polar surface area (TPSA) is 32.3 Å². The second kappa shape index (κ2) is 5.00. The number of halogens is 2. The summed E-state index contributed by atoms with van der Waals surface area (Å²) in [6, 6.07) is 5.45. The predicted molar refractivity (Wildman–Crippen MR) is 64.9 cm³/mol. The van der Waals surface area contributed by atoms with Gasteiger partial charge in [0, 0.05) is 12.7 Å². The molecule has 0 radical (unpaired) electrons. The molecule has 3 nitrogen and oxygen atoms in total. The van der Waals surface area contributed by atoms with E-state index in [1.807, 2.05) is 0 Å². The molecule has 0 aromatic heterocycles. The summed E-state index contributed by atoms with van der Waals surface area (Å²) in [6.45, 7) is 0.0721. The first-order valence-corrected chi connectivity index (χ1v) is 5.40. The standard InChI is InChI=1S/C13H12F2N2O/c1-17-8-10(15)4-7-12(17)13(18)16-11-5-2-9(14)3-6-11/h2-7H,8H2,1H3,(H,16,18). The van der Waals surface area contributed by atoms with Gasteiger partial charge in [-0.3, -0.25) is 4.79 Å². The van der Waals surface area contributed by atoms with E-state index >= 15 is 0 Å². The minimum absolute atomic E-state index is 0.0721. The largest absolute Gasteiger partial charge is 0.363 e. The van der Waals surface area contributed by atoms with Crippen LogP contribution in [-0.4, -0.2) is 24.4 Å². The molecule has 5 heteroatoms. The van der Waals surface area contributed by atoms with Crippen LogP contribution >= 0.6 is 0 Å². The lowest BCUT2D eigenvalue weighted by Crippen LogP contribution is -2.30. The number of likely N-dealkylation sites (N-methyl/N-ethyl adjacent to an activating group) is 1. The highest BCUT2D eigenvalue weighted by Crippen LogP contribution is 2.16. The lowest BCUT2D eigenvalue weighted by Gasteiger charge is -2.23. The van der Waals surface area contributed by atoms with Crippen molar-refractivity contribution in [1.82, 2.24) is 4.90 Å². The van der Waals surface area contributed by atoms with Crippen molar-refractivity contribution in [3.63, 3.8) is 0 Å². The van der Waals surface area contributed by atoms with Gasteiger partial charge in [0.05, 0.1) is 6.54 Å². The Morgan fingerprint density at radius 2 is 1.89 bits per heavy atom. The maximum absolute atomic E-state index is 12.9. The third-order valence-electron chi connectivity index (χ3n) is 2.56. The van der Waals surface area contributed by atoms with Crippen LogP contribution < -0.4 is 5.32 Å². The number of nitrogens with one attached hydrogen (secondary N) is 1. The van der Waals surface area contributed by atoms with Crippen molar-refractivity contribution in [2.45, 2.75) is 0 Å². The molecule has 1 amide bonds. The molecule has 2 rings (SSSR count). The first-order valence-electron chi connectivity index (χ1n) is 5.40. The Hall–Kier alpha value is -2.17. The fourth-order valence-electron chi connectivity index (χ4n) is 1.64. The quantitative estimate of drug-likeness (QED) is 0.874. The fraction of sp³-hybridized carbons (Fsp3) is 0.154. The molecule has 18 heavy (non-hydrogen) atoms. The SMILES string of the molecule is CN1CC(F)=CC=C1C(=O)Nc1ccc(F)cc1. The third-order valence-corrected chi connectivity index (χ3v) is 2.56. The zero-order valence-electron chi connectivity index (χ0n) is 9.78. The highest BCUT2D eigenvalue weighted by molar-refractivity contribution is 6.03. The Morgan fingerprint density at radius 1 is 1.22 bits per heavy atom. The molecule has 1 aromatic carbocycles. The lowest BCUT2D eigenvalue weighted by atomic mass is 10.2. The predicted octanol–water partition coefficient (Wildman–Crippen LogP) is 2.45. The number of allylic oxidation sites excluding steroid dienone is 2. The second-order valence-electron chi connectivity index (χ2n) is 3.98. The maximum Gasteiger partial charge on any atom is 0.271 e. The highest BCUT2D eigenvalue weighted by Gasteiger charge is 2.18. The van der Waals surface area contributed by atoms with Gasteiger partial charge >= 0.3 is 0 Å². The molecule has 0 atom stereocenters. The van der Waals surface area contributed by atoms with Gasteiger partial charge in [0.15, 0.2) is 0 Å². The second-order valence-corrected chi connectivity index (χ2v) is 3.98. The Labute approximate surface area is 103 Å². The number of carbonyl (C=O) groups excluding carboxylic acids is 1. The molecule has 1 heterocycles. The summed E-state index contributed by atoms with van der Waals surface area (Å²) in [5.74, 6) is -1.02. The summed E-state index contributed by atoms with van der Waals surface area (Å²) in [7, 11) is 1.63. The smallest absolute Gasteiger partial charge is 0.271 e. The van der Waals surface area contributed by atoms with Gasteiger partial charge in [-0.2, -0.15) is 0 Å². The zero-order chi connectivity index (χ0) is 13.1. The van der Waals surface area contributed by atoms with Gasteiger partial charge in [0.25, 0.3) is 5.91 Å². The first-order chi connectivity index (χ1) is 8.56. The van der Waals surface area contributed by atoms with E-state index in [0.717, 1.165) is 0 Å². The third kappa shape index (κ3) is 2.74. The molecular weight excluding hydrogens is 238 g/mol.